The summed E-state index contributed by atoms with van der Waals surface area (Å²) < 4.78 is 0. The summed E-state index contributed by atoms with van der Waals surface area (Å²) in [5, 5.41) is 0. The first-order valence-electron chi connectivity index (χ1n) is 4.63. The minimum atomic E-state index is 0.206. The van der Waals surface area contributed by atoms with Crippen LogP contribution < -0.4 is 5.73 Å². The predicted octanol–water partition coefficient (Wildman–Crippen LogP) is 0.935. The van der Waals surface area contributed by atoms with Crippen LogP contribution in [-0.2, 0) is 4.79 Å². The highest BCUT2D eigenvalue weighted by molar-refractivity contribution is 7.99. The zero-order chi connectivity index (χ0) is 10.3. The van der Waals surface area contributed by atoms with Gasteiger partial charge in [0.05, 0.1) is 5.75 Å². The molecule has 1 amide bonds. The van der Waals surface area contributed by atoms with Gasteiger partial charge in [-0.3, -0.25) is 4.79 Å². The van der Waals surface area contributed by atoms with Gasteiger partial charge >= 0.3 is 0 Å². The van der Waals surface area contributed by atoms with E-state index in [-0.39, 0.29) is 5.91 Å². The minimum Gasteiger partial charge on any atom is -0.343 e. The van der Waals surface area contributed by atoms with Gasteiger partial charge in [-0.25, -0.2) is 0 Å². The predicted molar refractivity (Wildman–Crippen MR) is 58.9 cm³/mol. The standard InChI is InChI=1S/C9H20N2OS/c1-8(2)11(3)9(12)7-13-6-4-5-10/h8H,4-7,10H2,1-3H3. The fraction of sp³-hybridized carbons (Fsp3) is 0.889. The number of rotatable bonds is 6. The van der Waals surface area contributed by atoms with Crippen molar-refractivity contribution in [3.63, 3.8) is 0 Å². The van der Waals surface area contributed by atoms with Crippen molar-refractivity contribution < 1.29 is 4.79 Å². The largest absolute Gasteiger partial charge is 0.343 e. The Morgan fingerprint density at radius 2 is 2.15 bits per heavy atom. The van der Waals surface area contributed by atoms with E-state index >= 15 is 0 Å². The summed E-state index contributed by atoms with van der Waals surface area (Å²) in [6.07, 6.45) is 0.989. The van der Waals surface area contributed by atoms with Gasteiger partial charge in [0.15, 0.2) is 0 Å². The first kappa shape index (κ1) is 12.8. The molecular weight excluding hydrogens is 184 g/mol. The average molecular weight is 204 g/mol. The number of amides is 1. The Labute approximate surface area is 85.0 Å². The molecular formula is C9H20N2OS. The van der Waals surface area contributed by atoms with E-state index in [1.807, 2.05) is 20.9 Å². The summed E-state index contributed by atoms with van der Waals surface area (Å²) >= 11 is 1.66. The fourth-order valence-corrected chi connectivity index (χ4v) is 1.63. The lowest BCUT2D eigenvalue weighted by Gasteiger charge is -2.21. The van der Waals surface area contributed by atoms with Gasteiger partial charge in [0, 0.05) is 13.1 Å². The van der Waals surface area contributed by atoms with E-state index in [0.717, 1.165) is 12.2 Å². The third-order valence-electron chi connectivity index (χ3n) is 1.89. The number of hydrogen-bond acceptors (Lipinski definition) is 3. The molecule has 0 bridgehead atoms. The molecule has 13 heavy (non-hydrogen) atoms. The molecule has 0 saturated carbocycles. The second-order valence-corrected chi connectivity index (χ2v) is 4.40. The van der Waals surface area contributed by atoms with Crippen molar-refractivity contribution in [2.75, 3.05) is 25.1 Å². The van der Waals surface area contributed by atoms with Crippen LogP contribution in [0.1, 0.15) is 20.3 Å². The Hall–Kier alpha value is -0.220. The molecule has 3 nitrogen and oxygen atoms in total. The molecule has 0 fully saturated rings. The SMILES string of the molecule is CC(C)N(C)C(=O)CSCCCN. The van der Waals surface area contributed by atoms with Crippen LogP contribution >= 0.6 is 11.8 Å². The highest BCUT2D eigenvalue weighted by Crippen LogP contribution is 2.04. The number of nitrogens with two attached hydrogens (primary N) is 1. The van der Waals surface area contributed by atoms with Gasteiger partial charge in [-0.05, 0) is 32.6 Å². The average Bonchev–Trinajstić information content (AvgIpc) is 2.10. The molecule has 78 valence electrons. The second kappa shape index (κ2) is 7.21. The van der Waals surface area contributed by atoms with Crippen LogP contribution in [0.5, 0.6) is 0 Å². The van der Waals surface area contributed by atoms with Gasteiger partial charge in [0.1, 0.15) is 0 Å². The second-order valence-electron chi connectivity index (χ2n) is 3.29. The molecule has 0 aliphatic heterocycles. The maximum atomic E-state index is 11.4. The molecule has 4 heteroatoms. The molecule has 2 N–H and O–H groups in total. The Kier molecular flexibility index (Phi) is 7.09. The fourth-order valence-electron chi connectivity index (χ4n) is 0.735. The Morgan fingerprint density at radius 3 is 2.62 bits per heavy atom. The summed E-state index contributed by atoms with van der Waals surface area (Å²) in [6.45, 7) is 4.74. The zero-order valence-corrected chi connectivity index (χ0v) is 9.56. The molecule has 0 aromatic rings. The molecule has 0 rings (SSSR count). The van der Waals surface area contributed by atoms with Gasteiger partial charge in [0.25, 0.3) is 0 Å². The van der Waals surface area contributed by atoms with Crippen molar-refractivity contribution in [3.8, 4) is 0 Å². The van der Waals surface area contributed by atoms with Crippen molar-refractivity contribution in [2.24, 2.45) is 5.73 Å². The van der Waals surface area contributed by atoms with E-state index < -0.39 is 0 Å². The van der Waals surface area contributed by atoms with Crippen LogP contribution in [0.15, 0.2) is 0 Å². The topological polar surface area (TPSA) is 46.3 Å². The molecule has 0 atom stereocenters. The highest BCUT2D eigenvalue weighted by atomic mass is 32.2. The quantitative estimate of drug-likeness (QED) is 0.655. The van der Waals surface area contributed by atoms with Crippen LogP contribution in [0.2, 0.25) is 0 Å². The monoisotopic (exact) mass is 204 g/mol. The van der Waals surface area contributed by atoms with E-state index in [4.69, 9.17) is 5.73 Å². The van der Waals surface area contributed by atoms with Gasteiger partial charge in [-0.2, -0.15) is 11.8 Å². The van der Waals surface area contributed by atoms with Crippen molar-refractivity contribution >= 4 is 17.7 Å². The number of thioether (sulfide) groups is 1. The summed E-state index contributed by atoms with van der Waals surface area (Å²) in [5.74, 6) is 1.76. The summed E-state index contributed by atoms with van der Waals surface area (Å²) in [4.78, 5) is 13.2. The highest BCUT2D eigenvalue weighted by Gasteiger charge is 2.10. The Morgan fingerprint density at radius 1 is 1.54 bits per heavy atom. The zero-order valence-electron chi connectivity index (χ0n) is 8.75. The minimum absolute atomic E-state index is 0.206. The first-order valence-corrected chi connectivity index (χ1v) is 5.78. The molecule has 0 aliphatic rings. The van der Waals surface area contributed by atoms with E-state index in [0.29, 0.717) is 18.3 Å². The number of nitrogens with zero attached hydrogens (tertiary/aromatic N) is 1. The van der Waals surface area contributed by atoms with Crippen molar-refractivity contribution in [2.45, 2.75) is 26.3 Å². The third kappa shape index (κ3) is 5.93. The molecule has 0 aromatic heterocycles. The lowest BCUT2D eigenvalue weighted by Crippen LogP contribution is -2.34. The summed E-state index contributed by atoms with van der Waals surface area (Å²) in [5.41, 5.74) is 5.34. The number of hydrogen-bond donors (Lipinski definition) is 1. The van der Waals surface area contributed by atoms with Crippen molar-refractivity contribution in [1.82, 2.24) is 4.90 Å². The Balaban J connectivity index is 3.50. The molecule has 0 spiro atoms. The van der Waals surface area contributed by atoms with Crippen LogP contribution in [0.25, 0.3) is 0 Å². The molecule has 0 saturated heterocycles. The summed E-state index contributed by atoms with van der Waals surface area (Å²) in [7, 11) is 1.84. The molecule has 0 unspecified atom stereocenters. The van der Waals surface area contributed by atoms with E-state index in [2.05, 4.69) is 0 Å². The van der Waals surface area contributed by atoms with Crippen LogP contribution in [0, 0.1) is 0 Å². The maximum absolute atomic E-state index is 11.4. The Bertz CT molecular complexity index is 151. The van der Waals surface area contributed by atoms with E-state index in [1.165, 1.54) is 0 Å². The third-order valence-corrected chi connectivity index (χ3v) is 2.91. The van der Waals surface area contributed by atoms with Crippen molar-refractivity contribution in [1.29, 1.82) is 0 Å². The van der Waals surface area contributed by atoms with Gasteiger partial charge in [-0.15, -0.1) is 0 Å². The van der Waals surface area contributed by atoms with E-state index in [1.54, 1.807) is 16.7 Å². The molecule has 0 aliphatic carbocycles. The van der Waals surface area contributed by atoms with Gasteiger partial charge < -0.3 is 10.6 Å². The molecule has 0 aromatic carbocycles. The number of carbonyl (C=O) groups excluding carboxylic acids is 1. The first-order chi connectivity index (χ1) is 6.09. The van der Waals surface area contributed by atoms with Crippen LogP contribution in [-0.4, -0.2) is 41.9 Å². The van der Waals surface area contributed by atoms with Gasteiger partial charge in [0.2, 0.25) is 5.91 Å². The molecule has 0 radical (unpaired) electrons. The van der Waals surface area contributed by atoms with Gasteiger partial charge in [-0.1, -0.05) is 0 Å². The van der Waals surface area contributed by atoms with Crippen LogP contribution in [0.4, 0.5) is 0 Å². The maximum Gasteiger partial charge on any atom is 0.232 e. The smallest absolute Gasteiger partial charge is 0.232 e. The summed E-state index contributed by atoms with van der Waals surface area (Å²) in [6, 6.07) is 0.294. The lowest BCUT2D eigenvalue weighted by atomic mass is 10.3. The van der Waals surface area contributed by atoms with E-state index in [9.17, 15) is 4.79 Å². The van der Waals surface area contributed by atoms with Crippen LogP contribution in [0.3, 0.4) is 0 Å². The normalized spacial score (nSPS) is 10.5. The lowest BCUT2D eigenvalue weighted by molar-refractivity contribution is -0.128. The number of carbonyl (C=O) groups is 1. The van der Waals surface area contributed by atoms with Crippen molar-refractivity contribution in [3.05, 3.63) is 0 Å². The molecule has 0 heterocycles.